The highest BCUT2D eigenvalue weighted by Crippen LogP contribution is 2.23. The first-order valence-corrected chi connectivity index (χ1v) is 7.68. The fourth-order valence-corrected chi connectivity index (χ4v) is 2.70. The van der Waals surface area contributed by atoms with Crippen molar-refractivity contribution in [2.45, 2.75) is 20.3 Å². The van der Waals surface area contributed by atoms with Gasteiger partial charge in [-0.2, -0.15) is 0 Å². The molecule has 1 aliphatic heterocycles. The van der Waals surface area contributed by atoms with E-state index < -0.39 is 0 Å². The number of piperazine rings is 1. The Morgan fingerprint density at radius 3 is 2.29 bits per heavy atom. The summed E-state index contributed by atoms with van der Waals surface area (Å²) in [5.74, 6) is 0.891. The molecule has 1 aliphatic rings. The second-order valence-electron chi connectivity index (χ2n) is 6.09. The number of aldehydes is 1. The van der Waals surface area contributed by atoms with Gasteiger partial charge in [0.25, 0.3) is 0 Å². The standard InChI is InChI=1S/C17H26N2O2/c1-4-17(2,14-20)13-18-9-11-19(12-10-18)15-5-7-16(21-3)8-6-15/h5-8,14H,4,9-13H2,1-3H3. The molecule has 1 aromatic rings. The summed E-state index contributed by atoms with van der Waals surface area (Å²) in [6.07, 6.45) is 2.01. The first-order valence-electron chi connectivity index (χ1n) is 7.68. The number of hydrogen-bond donors (Lipinski definition) is 0. The van der Waals surface area contributed by atoms with Crippen molar-refractivity contribution in [1.29, 1.82) is 0 Å². The van der Waals surface area contributed by atoms with Gasteiger partial charge in [-0.05, 0) is 30.7 Å². The Morgan fingerprint density at radius 1 is 1.19 bits per heavy atom. The van der Waals surface area contributed by atoms with Crippen molar-refractivity contribution in [2.24, 2.45) is 5.41 Å². The van der Waals surface area contributed by atoms with Crippen LogP contribution in [0.1, 0.15) is 20.3 Å². The maximum absolute atomic E-state index is 11.2. The predicted octanol–water partition coefficient (Wildman–Crippen LogP) is 2.43. The fourth-order valence-electron chi connectivity index (χ4n) is 2.70. The SMILES string of the molecule is CCC(C)(C=O)CN1CCN(c2ccc(OC)cc2)CC1. The van der Waals surface area contributed by atoms with Crippen LogP contribution < -0.4 is 9.64 Å². The molecule has 21 heavy (non-hydrogen) atoms. The van der Waals surface area contributed by atoms with Crippen molar-refractivity contribution in [3.63, 3.8) is 0 Å². The quantitative estimate of drug-likeness (QED) is 0.753. The van der Waals surface area contributed by atoms with Gasteiger partial charge in [0.05, 0.1) is 7.11 Å². The highest BCUT2D eigenvalue weighted by Gasteiger charge is 2.27. The number of benzene rings is 1. The van der Waals surface area contributed by atoms with Crippen LogP contribution >= 0.6 is 0 Å². The van der Waals surface area contributed by atoms with E-state index in [0.29, 0.717) is 0 Å². The Bertz CT molecular complexity index is 452. The minimum absolute atomic E-state index is 0.206. The molecular weight excluding hydrogens is 264 g/mol. The molecule has 1 unspecified atom stereocenters. The lowest BCUT2D eigenvalue weighted by molar-refractivity contribution is -0.116. The van der Waals surface area contributed by atoms with E-state index >= 15 is 0 Å². The lowest BCUT2D eigenvalue weighted by atomic mass is 9.88. The molecule has 4 nitrogen and oxygen atoms in total. The number of methoxy groups -OCH3 is 1. The van der Waals surface area contributed by atoms with Gasteiger partial charge < -0.3 is 14.4 Å². The van der Waals surface area contributed by atoms with Gasteiger partial charge in [-0.25, -0.2) is 0 Å². The second-order valence-corrected chi connectivity index (χ2v) is 6.09. The minimum atomic E-state index is -0.206. The van der Waals surface area contributed by atoms with Crippen molar-refractivity contribution < 1.29 is 9.53 Å². The van der Waals surface area contributed by atoms with Crippen molar-refractivity contribution in [1.82, 2.24) is 4.90 Å². The second kappa shape index (κ2) is 6.94. The van der Waals surface area contributed by atoms with Gasteiger partial charge in [0.1, 0.15) is 12.0 Å². The number of anilines is 1. The molecule has 0 radical (unpaired) electrons. The van der Waals surface area contributed by atoms with E-state index in [1.165, 1.54) is 5.69 Å². The maximum Gasteiger partial charge on any atom is 0.127 e. The highest BCUT2D eigenvalue weighted by atomic mass is 16.5. The summed E-state index contributed by atoms with van der Waals surface area (Å²) in [6.45, 7) is 9.03. The van der Waals surface area contributed by atoms with E-state index in [-0.39, 0.29) is 5.41 Å². The Balaban J connectivity index is 1.89. The van der Waals surface area contributed by atoms with Crippen molar-refractivity contribution in [3.8, 4) is 5.75 Å². The van der Waals surface area contributed by atoms with E-state index in [9.17, 15) is 4.79 Å². The molecule has 0 aliphatic carbocycles. The Labute approximate surface area is 127 Å². The number of rotatable bonds is 6. The van der Waals surface area contributed by atoms with Gasteiger partial charge >= 0.3 is 0 Å². The van der Waals surface area contributed by atoms with Crippen LogP contribution in [0.4, 0.5) is 5.69 Å². The normalized spacial score (nSPS) is 19.1. The molecule has 1 aromatic carbocycles. The third-order valence-electron chi connectivity index (χ3n) is 4.49. The molecule has 1 atom stereocenters. The average molecular weight is 290 g/mol. The van der Waals surface area contributed by atoms with Crippen LogP contribution in [0, 0.1) is 5.41 Å². The molecule has 1 heterocycles. The molecule has 4 heteroatoms. The van der Waals surface area contributed by atoms with E-state index in [0.717, 1.165) is 51.2 Å². The summed E-state index contributed by atoms with van der Waals surface area (Å²) >= 11 is 0. The van der Waals surface area contributed by atoms with E-state index in [2.05, 4.69) is 35.8 Å². The molecule has 2 rings (SSSR count). The fraction of sp³-hybridized carbons (Fsp3) is 0.588. The smallest absolute Gasteiger partial charge is 0.127 e. The van der Waals surface area contributed by atoms with Crippen molar-refractivity contribution in [3.05, 3.63) is 24.3 Å². The monoisotopic (exact) mass is 290 g/mol. The first-order chi connectivity index (χ1) is 10.1. The third kappa shape index (κ3) is 3.97. The molecular formula is C17H26N2O2. The third-order valence-corrected chi connectivity index (χ3v) is 4.49. The zero-order valence-corrected chi connectivity index (χ0v) is 13.3. The van der Waals surface area contributed by atoms with Crippen LogP contribution in [0.25, 0.3) is 0 Å². The summed E-state index contributed by atoms with van der Waals surface area (Å²) in [5.41, 5.74) is 1.03. The summed E-state index contributed by atoms with van der Waals surface area (Å²) in [4.78, 5) is 16.0. The zero-order chi connectivity index (χ0) is 15.3. The van der Waals surface area contributed by atoms with Crippen LogP contribution in [0.2, 0.25) is 0 Å². The van der Waals surface area contributed by atoms with Gasteiger partial charge in [-0.1, -0.05) is 13.8 Å². The lowest BCUT2D eigenvalue weighted by Gasteiger charge is -2.39. The minimum Gasteiger partial charge on any atom is -0.497 e. The first kappa shape index (κ1) is 15.8. The van der Waals surface area contributed by atoms with Crippen LogP contribution in [0.3, 0.4) is 0 Å². The Morgan fingerprint density at radius 2 is 1.81 bits per heavy atom. The molecule has 0 saturated carbocycles. The van der Waals surface area contributed by atoms with Gasteiger partial charge in [-0.3, -0.25) is 4.90 Å². The van der Waals surface area contributed by atoms with E-state index in [1.54, 1.807) is 7.11 Å². The Hall–Kier alpha value is -1.55. The molecule has 116 valence electrons. The van der Waals surface area contributed by atoms with Crippen molar-refractivity contribution >= 4 is 12.0 Å². The van der Waals surface area contributed by atoms with Crippen molar-refractivity contribution in [2.75, 3.05) is 44.7 Å². The van der Waals surface area contributed by atoms with E-state index in [1.807, 2.05) is 12.1 Å². The molecule has 1 saturated heterocycles. The average Bonchev–Trinajstić information content (AvgIpc) is 2.55. The topological polar surface area (TPSA) is 32.8 Å². The highest BCUT2D eigenvalue weighted by molar-refractivity contribution is 5.59. The number of nitrogens with zero attached hydrogens (tertiary/aromatic N) is 2. The van der Waals surface area contributed by atoms with Crippen LogP contribution in [0.5, 0.6) is 5.75 Å². The molecule has 0 N–H and O–H groups in total. The number of hydrogen-bond acceptors (Lipinski definition) is 4. The number of carbonyl (C=O) groups excluding carboxylic acids is 1. The van der Waals surface area contributed by atoms with Gasteiger partial charge in [-0.15, -0.1) is 0 Å². The van der Waals surface area contributed by atoms with Gasteiger partial charge in [0.15, 0.2) is 0 Å². The molecule has 0 spiro atoms. The largest absolute Gasteiger partial charge is 0.497 e. The summed E-state index contributed by atoms with van der Waals surface area (Å²) in [5, 5.41) is 0. The lowest BCUT2D eigenvalue weighted by Crippen LogP contribution is -2.49. The number of carbonyl (C=O) groups is 1. The Kier molecular flexibility index (Phi) is 5.23. The van der Waals surface area contributed by atoms with Crippen LogP contribution in [0.15, 0.2) is 24.3 Å². The zero-order valence-electron chi connectivity index (χ0n) is 13.3. The summed E-state index contributed by atoms with van der Waals surface area (Å²) in [7, 11) is 1.69. The number of ether oxygens (including phenoxy) is 1. The summed E-state index contributed by atoms with van der Waals surface area (Å²) < 4.78 is 5.19. The predicted molar refractivity (Wildman–Crippen MR) is 86.1 cm³/mol. The molecule has 0 aromatic heterocycles. The van der Waals surface area contributed by atoms with Crippen LogP contribution in [-0.4, -0.2) is 51.0 Å². The van der Waals surface area contributed by atoms with E-state index in [4.69, 9.17) is 4.74 Å². The van der Waals surface area contributed by atoms with Gasteiger partial charge in [0, 0.05) is 43.8 Å². The maximum atomic E-state index is 11.2. The van der Waals surface area contributed by atoms with Crippen LogP contribution in [-0.2, 0) is 4.79 Å². The molecule has 1 fully saturated rings. The molecule has 0 bridgehead atoms. The van der Waals surface area contributed by atoms with Gasteiger partial charge in [0.2, 0.25) is 0 Å². The molecule has 0 amide bonds. The summed E-state index contributed by atoms with van der Waals surface area (Å²) in [6, 6.07) is 8.22.